The number of aliphatic carboxylic acids is 1. The normalized spacial score (nSPS) is 32.5. The van der Waals surface area contributed by atoms with E-state index in [1.165, 1.54) is 64.2 Å². The van der Waals surface area contributed by atoms with Crippen molar-refractivity contribution in [1.29, 1.82) is 0 Å². The first-order chi connectivity index (χ1) is 10.8. The van der Waals surface area contributed by atoms with E-state index in [0.29, 0.717) is 0 Å². The summed E-state index contributed by atoms with van der Waals surface area (Å²) in [5.41, 5.74) is 0. The number of allylic oxidation sites excluding steroid dienone is 2. The largest absolute Gasteiger partial charge is 0.481 e. The molecule has 1 N–H and O–H groups in total. The lowest BCUT2D eigenvalue weighted by Gasteiger charge is -2.21. The number of fused-ring (bicyclic) bond motifs is 1. The number of hydrogen-bond acceptors (Lipinski definition) is 1. The monoisotopic (exact) mass is 306 g/mol. The molecule has 2 aliphatic carbocycles. The lowest BCUT2D eigenvalue weighted by Crippen LogP contribution is -2.16. The first-order valence-electron chi connectivity index (χ1n) is 9.65. The molecule has 0 heterocycles. The first-order valence-corrected chi connectivity index (χ1v) is 9.65. The molecule has 0 saturated heterocycles. The van der Waals surface area contributed by atoms with Gasteiger partial charge in [0.2, 0.25) is 0 Å². The molecule has 1 saturated carbocycles. The van der Waals surface area contributed by atoms with E-state index in [1.54, 1.807) is 0 Å². The molecule has 126 valence electrons. The van der Waals surface area contributed by atoms with Crippen LogP contribution in [0, 0.1) is 17.8 Å². The summed E-state index contributed by atoms with van der Waals surface area (Å²) in [5, 5.41) is 9.44. The number of carboxylic acid groups (broad SMARTS) is 1. The fourth-order valence-corrected chi connectivity index (χ4v) is 4.41. The maximum absolute atomic E-state index is 11.5. The molecule has 0 amide bonds. The zero-order valence-corrected chi connectivity index (χ0v) is 14.1. The van der Waals surface area contributed by atoms with E-state index in [1.807, 2.05) is 0 Å². The summed E-state index contributed by atoms with van der Waals surface area (Å²) in [6.07, 6.45) is 21.8. The molecule has 0 spiro atoms. The van der Waals surface area contributed by atoms with E-state index in [0.717, 1.165) is 37.5 Å². The Kier molecular flexibility index (Phi) is 8.04. The van der Waals surface area contributed by atoms with Gasteiger partial charge in [-0.1, -0.05) is 63.5 Å². The van der Waals surface area contributed by atoms with Gasteiger partial charge in [-0.05, 0) is 50.4 Å². The van der Waals surface area contributed by atoms with E-state index in [2.05, 4.69) is 12.2 Å². The van der Waals surface area contributed by atoms with Crippen LogP contribution in [-0.2, 0) is 4.79 Å². The molecule has 2 aliphatic rings. The highest BCUT2D eigenvalue weighted by Gasteiger charge is 2.28. The molecule has 0 aromatic heterocycles. The molecule has 3 atom stereocenters. The Morgan fingerprint density at radius 3 is 2.14 bits per heavy atom. The highest BCUT2D eigenvalue weighted by molar-refractivity contribution is 5.69. The van der Waals surface area contributed by atoms with Crippen molar-refractivity contribution < 1.29 is 9.90 Å². The topological polar surface area (TPSA) is 37.3 Å². The second-order valence-electron chi connectivity index (χ2n) is 7.46. The van der Waals surface area contributed by atoms with Gasteiger partial charge in [-0.25, -0.2) is 0 Å². The average molecular weight is 306 g/mol. The molecule has 0 aromatic carbocycles. The van der Waals surface area contributed by atoms with E-state index >= 15 is 0 Å². The van der Waals surface area contributed by atoms with Crippen LogP contribution in [0.1, 0.15) is 89.9 Å². The molecule has 2 nitrogen and oxygen atoms in total. The summed E-state index contributed by atoms with van der Waals surface area (Å²) in [6.45, 7) is 0. The van der Waals surface area contributed by atoms with Crippen molar-refractivity contribution in [2.24, 2.45) is 17.8 Å². The van der Waals surface area contributed by atoms with Crippen LogP contribution >= 0.6 is 0 Å². The summed E-state index contributed by atoms with van der Waals surface area (Å²) < 4.78 is 0. The molecule has 0 radical (unpaired) electrons. The van der Waals surface area contributed by atoms with Crippen LogP contribution < -0.4 is 0 Å². The van der Waals surface area contributed by atoms with Crippen LogP contribution in [0.2, 0.25) is 0 Å². The van der Waals surface area contributed by atoms with E-state index in [4.69, 9.17) is 0 Å². The van der Waals surface area contributed by atoms with Gasteiger partial charge in [0.05, 0.1) is 5.92 Å². The van der Waals surface area contributed by atoms with Crippen LogP contribution in [0.5, 0.6) is 0 Å². The van der Waals surface area contributed by atoms with Crippen LogP contribution in [0.3, 0.4) is 0 Å². The number of hydrogen-bond donors (Lipinski definition) is 1. The molecule has 2 heteroatoms. The predicted octanol–water partition coefficient (Wildman–Crippen LogP) is 5.96. The third-order valence-corrected chi connectivity index (χ3v) is 5.85. The van der Waals surface area contributed by atoms with Crippen molar-refractivity contribution in [3.05, 3.63) is 12.2 Å². The fourth-order valence-electron chi connectivity index (χ4n) is 4.41. The minimum absolute atomic E-state index is 0.126. The van der Waals surface area contributed by atoms with Crippen molar-refractivity contribution in [3.63, 3.8) is 0 Å². The van der Waals surface area contributed by atoms with Gasteiger partial charge in [-0.3, -0.25) is 4.79 Å². The van der Waals surface area contributed by atoms with Gasteiger partial charge in [0, 0.05) is 0 Å². The van der Waals surface area contributed by atoms with E-state index in [9.17, 15) is 9.90 Å². The summed E-state index contributed by atoms with van der Waals surface area (Å²) in [4.78, 5) is 11.5. The van der Waals surface area contributed by atoms with Gasteiger partial charge in [-0.15, -0.1) is 0 Å². The molecule has 3 unspecified atom stereocenters. The number of carbonyl (C=O) groups is 1. The van der Waals surface area contributed by atoms with Gasteiger partial charge in [-0.2, -0.15) is 0 Å². The quantitative estimate of drug-likeness (QED) is 0.606. The van der Waals surface area contributed by atoms with E-state index in [-0.39, 0.29) is 5.92 Å². The van der Waals surface area contributed by atoms with Gasteiger partial charge >= 0.3 is 5.97 Å². The van der Waals surface area contributed by atoms with Crippen molar-refractivity contribution in [1.82, 2.24) is 0 Å². The van der Waals surface area contributed by atoms with Crippen LogP contribution in [-0.4, -0.2) is 11.1 Å². The standard InChI is InChI=1S/C20H34O2/c21-20(22)19-12-9-7-5-3-1-2-4-6-8-11-17-13-10-14-18(17)15-16-19/h5,7,17-19H,1-4,6,8-16H2,(H,21,22). The highest BCUT2D eigenvalue weighted by atomic mass is 16.4. The van der Waals surface area contributed by atoms with Gasteiger partial charge in [0.1, 0.15) is 0 Å². The molecule has 0 aromatic rings. The predicted molar refractivity (Wildman–Crippen MR) is 91.9 cm³/mol. The second-order valence-corrected chi connectivity index (χ2v) is 7.46. The van der Waals surface area contributed by atoms with Crippen LogP contribution in [0.15, 0.2) is 12.2 Å². The SMILES string of the molecule is O=C(O)C1CCC=CCCCCCCCC2CCCC2CC1. The van der Waals surface area contributed by atoms with Crippen molar-refractivity contribution in [3.8, 4) is 0 Å². The van der Waals surface area contributed by atoms with E-state index < -0.39 is 5.97 Å². The minimum Gasteiger partial charge on any atom is -0.481 e. The van der Waals surface area contributed by atoms with Gasteiger partial charge in [0.25, 0.3) is 0 Å². The fraction of sp³-hybridized carbons (Fsp3) is 0.850. The molecule has 0 aliphatic heterocycles. The second kappa shape index (κ2) is 10.1. The number of carboxylic acids is 1. The Hall–Kier alpha value is -0.790. The molecule has 2 rings (SSSR count). The Labute approximate surface area is 136 Å². The lowest BCUT2D eigenvalue weighted by molar-refractivity contribution is -0.142. The van der Waals surface area contributed by atoms with Crippen LogP contribution in [0.4, 0.5) is 0 Å². The maximum atomic E-state index is 11.5. The Balaban J connectivity index is 1.88. The maximum Gasteiger partial charge on any atom is 0.306 e. The average Bonchev–Trinajstić information content (AvgIpc) is 2.93. The summed E-state index contributed by atoms with van der Waals surface area (Å²) in [7, 11) is 0. The summed E-state index contributed by atoms with van der Waals surface area (Å²) in [5.74, 6) is 0.996. The third kappa shape index (κ3) is 6.14. The van der Waals surface area contributed by atoms with Gasteiger partial charge < -0.3 is 5.11 Å². The molecule has 22 heavy (non-hydrogen) atoms. The number of rotatable bonds is 1. The molecule has 0 bridgehead atoms. The Morgan fingerprint density at radius 1 is 0.682 bits per heavy atom. The highest BCUT2D eigenvalue weighted by Crippen LogP contribution is 2.39. The van der Waals surface area contributed by atoms with Crippen molar-refractivity contribution in [2.75, 3.05) is 0 Å². The van der Waals surface area contributed by atoms with Crippen molar-refractivity contribution in [2.45, 2.75) is 89.9 Å². The first kappa shape index (κ1) is 17.6. The summed E-state index contributed by atoms with van der Waals surface area (Å²) >= 11 is 0. The molecular formula is C20H34O2. The minimum atomic E-state index is -0.580. The Morgan fingerprint density at radius 2 is 1.32 bits per heavy atom. The zero-order chi connectivity index (χ0) is 15.6. The third-order valence-electron chi connectivity index (χ3n) is 5.85. The van der Waals surface area contributed by atoms with Gasteiger partial charge in [0.15, 0.2) is 0 Å². The Bertz CT molecular complexity index is 348. The summed E-state index contributed by atoms with van der Waals surface area (Å²) in [6, 6.07) is 0. The molecular weight excluding hydrogens is 272 g/mol. The zero-order valence-electron chi connectivity index (χ0n) is 14.1. The smallest absolute Gasteiger partial charge is 0.306 e. The molecule has 1 fully saturated rings. The van der Waals surface area contributed by atoms with Crippen molar-refractivity contribution >= 4 is 5.97 Å². The van der Waals surface area contributed by atoms with Crippen LogP contribution in [0.25, 0.3) is 0 Å². The lowest BCUT2D eigenvalue weighted by atomic mass is 9.84.